The van der Waals surface area contributed by atoms with Crippen molar-refractivity contribution in [2.75, 3.05) is 33.0 Å². The molecule has 0 aromatic carbocycles. The Balaban J connectivity index is 3.87. The van der Waals surface area contributed by atoms with Crippen LogP contribution >= 0.6 is 0 Å². The van der Waals surface area contributed by atoms with Crippen LogP contribution in [0.3, 0.4) is 0 Å². The van der Waals surface area contributed by atoms with Crippen LogP contribution in [0.15, 0.2) is 11.3 Å². The topological polar surface area (TPSA) is 65.0 Å². The minimum Gasteiger partial charge on any atom is -0.495 e. The van der Waals surface area contributed by atoms with E-state index in [2.05, 4.69) is 0 Å². The summed E-state index contributed by atoms with van der Waals surface area (Å²) < 4.78 is 15.1. The molecule has 0 radical (unpaired) electrons. The molecule has 0 saturated heterocycles. The minimum atomic E-state index is -0.365. The first kappa shape index (κ1) is 14.9. The molecule has 0 atom stereocenters. The van der Waals surface area contributed by atoms with Gasteiger partial charge in [0.2, 0.25) is 0 Å². The van der Waals surface area contributed by atoms with E-state index in [1.165, 1.54) is 0 Å². The summed E-state index contributed by atoms with van der Waals surface area (Å²) in [5, 5.41) is 8.46. The summed E-state index contributed by atoms with van der Waals surface area (Å²) in [6.07, 6.45) is 0. The van der Waals surface area contributed by atoms with Crippen LogP contribution in [0, 0.1) is 0 Å². The van der Waals surface area contributed by atoms with Crippen LogP contribution in [0.2, 0.25) is 0 Å². The van der Waals surface area contributed by atoms with Gasteiger partial charge in [-0.3, -0.25) is 0 Å². The highest BCUT2D eigenvalue weighted by Crippen LogP contribution is 2.06. The van der Waals surface area contributed by atoms with E-state index in [-0.39, 0.29) is 12.6 Å². The molecule has 0 fully saturated rings. The number of ether oxygens (including phenoxy) is 3. The van der Waals surface area contributed by atoms with Crippen LogP contribution in [-0.2, 0) is 19.0 Å². The molecule has 0 unspecified atom stereocenters. The summed E-state index contributed by atoms with van der Waals surface area (Å²) in [6.45, 7) is 6.49. The molecular weight excluding hydrogens is 212 g/mol. The van der Waals surface area contributed by atoms with E-state index in [9.17, 15) is 4.79 Å². The fourth-order valence-corrected chi connectivity index (χ4v) is 0.912. The molecule has 0 rings (SSSR count). The standard InChI is InChI=1S/C11H20O5/c1-4-15-11(13)9(2)10(3)16-8-7-14-6-5-12/h12H,4-8H2,1-3H3. The second kappa shape index (κ2) is 9.18. The van der Waals surface area contributed by atoms with Crippen LogP contribution in [0.4, 0.5) is 0 Å². The van der Waals surface area contributed by atoms with Gasteiger partial charge in [-0.2, -0.15) is 0 Å². The first-order valence-electron chi connectivity index (χ1n) is 5.29. The van der Waals surface area contributed by atoms with Gasteiger partial charge in [-0.15, -0.1) is 0 Å². The van der Waals surface area contributed by atoms with E-state index >= 15 is 0 Å². The van der Waals surface area contributed by atoms with Gasteiger partial charge in [-0.1, -0.05) is 0 Å². The van der Waals surface area contributed by atoms with Gasteiger partial charge in [0.15, 0.2) is 0 Å². The number of aliphatic hydroxyl groups is 1. The van der Waals surface area contributed by atoms with Crippen LogP contribution in [-0.4, -0.2) is 44.1 Å². The highest BCUT2D eigenvalue weighted by Gasteiger charge is 2.09. The summed E-state index contributed by atoms with van der Waals surface area (Å²) in [4.78, 5) is 11.3. The third-order valence-corrected chi connectivity index (χ3v) is 1.89. The van der Waals surface area contributed by atoms with Crippen molar-refractivity contribution in [2.24, 2.45) is 0 Å². The normalized spacial score (nSPS) is 12.0. The first-order valence-corrected chi connectivity index (χ1v) is 5.29. The van der Waals surface area contributed by atoms with E-state index in [1.807, 2.05) is 0 Å². The Kier molecular flexibility index (Phi) is 8.56. The number of carbonyl (C=O) groups excluding carboxylic acids is 1. The predicted molar refractivity (Wildman–Crippen MR) is 58.9 cm³/mol. The summed E-state index contributed by atoms with van der Waals surface area (Å²) in [6, 6.07) is 0. The van der Waals surface area contributed by atoms with Gasteiger partial charge < -0.3 is 19.3 Å². The quantitative estimate of drug-likeness (QED) is 0.291. The van der Waals surface area contributed by atoms with Crippen molar-refractivity contribution in [3.05, 3.63) is 11.3 Å². The lowest BCUT2D eigenvalue weighted by atomic mass is 10.3. The number of esters is 1. The highest BCUT2D eigenvalue weighted by molar-refractivity contribution is 5.88. The van der Waals surface area contributed by atoms with Crippen molar-refractivity contribution >= 4 is 5.97 Å². The van der Waals surface area contributed by atoms with Gasteiger partial charge in [0.1, 0.15) is 12.4 Å². The Morgan fingerprint density at radius 2 is 1.81 bits per heavy atom. The number of hydrogen-bond acceptors (Lipinski definition) is 5. The number of aliphatic hydroxyl groups excluding tert-OH is 1. The average molecular weight is 232 g/mol. The van der Waals surface area contributed by atoms with Crippen molar-refractivity contribution < 1.29 is 24.1 Å². The third-order valence-electron chi connectivity index (χ3n) is 1.89. The highest BCUT2D eigenvalue weighted by atomic mass is 16.5. The average Bonchev–Trinajstić information content (AvgIpc) is 2.27. The summed E-state index contributed by atoms with van der Waals surface area (Å²) in [5.41, 5.74) is 0.462. The van der Waals surface area contributed by atoms with E-state index in [0.717, 1.165) is 0 Å². The summed E-state index contributed by atoms with van der Waals surface area (Å²) >= 11 is 0. The van der Waals surface area contributed by atoms with Crippen LogP contribution in [0.25, 0.3) is 0 Å². The summed E-state index contributed by atoms with van der Waals surface area (Å²) in [5.74, 6) is 0.169. The molecule has 0 aliphatic heterocycles. The molecule has 5 nitrogen and oxygen atoms in total. The zero-order valence-corrected chi connectivity index (χ0v) is 10.1. The van der Waals surface area contributed by atoms with Crippen molar-refractivity contribution in [1.29, 1.82) is 0 Å². The number of allylic oxidation sites excluding steroid dienone is 1. The molecule has 0 amide bonds. The molecule has 0 saturated carbocycles. The molecule has 0 aliphatic rings. The Morgan fingerprint density at radius 1 is 1.12 bits per heavy atom. The van der Waals surface area contributed by atoms with Crippen molar-refractivity contribution in [3.8, 4) is 0 Å². The SMILES string of the molecule is CCOC(=O)C(C)=C(C)OCCOCCO. The van der Waals surface area contributed by atoms with Crippen LogP contribution in [0.1, 0.15) is 20.8 Å². The smallest absolute Gasteiger partial charge is 0.337 e. The monoisotopic (exact) mass is 232 g/mol. The fraction of sp³-hybridized carbons (Fsp3) is 0.727. The Labute approximate surface area is 96.0 Å². The third kappa shape index (κ3) is 6.42. The minimum absolute atomic E-state index is 0.00330. The Morgan fingerprint density at radius 3 is 2.38 bits per heavy atom. The molecule has 16 heavy (non-hydrogen) atoms. The molecule has 0 spiro atoms. The van der Waals surface area contributed by atoms with Gasteiger partial charge >= 0.3 is 5.97 Å². The van der Waals surface area contributed by atoms with Gasteiger partial charge in [0.25, 0.3) is 0 Å². The fourth-order valence-electron chi connectivity index (χ4n) is 0.912. The molecule has 5 heteroatoms. The molecule has 94 valence electrons. The maximum absolute atomic E-state index is 11.3. The lowest BCUT2D eigenvalue weighted by Crippen LogP contribution is -2.11. The second-order valence-corrected chi connectivity index (χ2v) is 3.09. The summed E-state index contributed by atoms with van der Waals surface area (Å²) in [7, 11) is 0. The number of hydrogen-bond donors (Lipinski definition) is 1. The maximum Gasteiger partial charge on any atom is 0.337 e. The second-order valence-electron chi connectivity index (χ2n) is 3.09. The Hall–Kier alpha value is -1.07. The van der Waals surface area contributed by atoms with E-state index in [4.69, 9.17) is 19.3 Å². The lowest BCUT2D eigenvalue weighted by Gasteiger charge is -2.09. The first-order chi connectivity index (χ1) is 7.63. The van der Waals surface area contributed by atoms with Gasteiger partial charge in [0.05, 0.1) is 32.0 Å². The van der Waals surface area contributed by atoms with Crippen LogP contribution in [0.5, 0.6) is 0 Å². The van der Waals surface area contributed by atoms with E-state index in [0.29, 0.717) is 37.8 Å². The molecule has 1 N–H and O–H groups in total. The zero-order chi connectivity index (χ0) is 12.4. The van der Waals surface area contributed by atoms with Crippen LogP contribution < -0.4 is 0 Å². The van der Waals surface area contributed by atoms with E-state index in [1.54, 1.807) is 20.8 Å². The van der Waals surface area contributed by atoms with E-state index < -0.39 is 0 Å². The number of rotatable bonds is 8. The van der Waals surface area contributed by atoms with Crippen molar-refractivity contribution in [2.45, 2.75) is 20.8 Å². The predicted octanol–water partition coefficient (Wildman–Crippen LogP) is 0.869. The molecule has 0 aromatic heterocycles. The lowest BCUT2D eigenvalue weighted by molar-refractivity contribution is -0.138. The van der Waals surface area contributed by atoms with Crippen molar-refractivity contribution in [3.63, 3.8) is 0 Å². The molecule has 0 heterocycles. The van der Waals surface area contributed by atoms with Gasteiger partial charge in [-0.25, -0.2) is 4.79 Å². The molecule has 0 aromatic rings. The van der Waals surface area contributed by atoms with Gasteiger partial charge in [0, 0.05) is 0 Å². The number of carbonyl (C=O) groups is 1. The van der Waals surface area contributed by atoms with Crippen molar-refractivity contribution in [1.82, 2.24) is 0 Å². The molecular formula is C11H20O5. The molecule has 0 bridgehead atoms. The molecule has 0 aliphatic carbocycles. The Bertz CT molecular complexity index is 235. The maximum atomic E-state index is 11.3. The zero-order valence-electron chi connectivity index (χ0n) is 10.1. The largest absolute Gasteiger partial charge is 0.495 e. The van der Waals surface area contributed by atoms with Gasteiger partial charge in [-0.05, 0) is 20.8 Å².